The van der Waals surface area contributed by atoms with Crippen LogP contribution in [0.1, 0.15) is 56.1 Å². The second-order valence-corrected chi connectivity index (χ2v) is 10.1. The summed E-state index contributed by atoms with van der Waals surface area (Å²) < 4.78 is 6.02. The Morgan fingerprint density at radius 3 is 2.81 bits per heavy atom. The zero-order valence-corrected chi connectivity index (χ0v) is 19.5. The molecule has 170 valence electrons. The number of hydrogen-bond acceptors (Lipinski definition) is 7. The largest absolute Gasteiger partial charge is 0.423 e. The average Bonchev–Trinajstić information content (AvgIpc) is 3.33. The van der Waals surface area contributed by atoms with Crippen LogP contribution in [0.5, 0.6) is 0 Å². The van der Waals surface area contributed by atoms with Gasteiger partial charge in [-0.05, 0) is 57.7 Å². The molecule has 1 aromatic carbocycles. The summed E-state index contributed by atoms with van der Waals surface area (Å²) in [4.78, 5) is 25.1. The van der Waals surface area contributed by atoms with Crippen LogP contribution in [0.25, 0.3) is 11.1 Å². The van der Waals surface area contributed by atoms with Crippen molar-refractivity contribution in [2.24, 2.45) is 0 Å². The van der Waals surface area contributed by atoms with E-state index in [1.165, 1.54) is 11.3 Å². The van der Waals surface area contributed by atoms with Gasteiger partial charge in [-0.25, -0.2) is 9.78 Å². The summed E-state index contributed by atoms with van der Waals surface area (Å²) in [5.74, 6) is 0. The SMILES string of the molecule is C[C@@H]1Cc2nc(NC(=O)NC3CCC(O)CC3)sc2[C@H](C)N1c1nc2cc(Cl)ccc2o1. The van der Waals surface area contributed by atoms with Crippen LogP contribution < -0.4 is 15.5 Å². The molecule has 0 spiro atoms. The standard InChI is InChI=1S/C22H26ClN5O3S/c1-11-9-17-19(12(2)28(11)22-26-16-10-13(23)3-8-18(16)31-22)32-21(25-17)27-20(30)24-14-4-6-15(29)7-5-14/h3,8,10-12,14-15,29H,4-7,9H2,1-2H3,(H2,24,25,27,30)/t11-,12+,14?,15?/m1/s1. The van der Waals surface area contributed by atoms with E-state index in [9.17, 15) is 9.90 Å². The van der Waals surface area contributed by atoms with Gasteiger partial charge in [0.1, 0.15) is 5.52 Å². The summed E-state index contributed by atoms with van der Waals surface area (Å²) >= 11 is 7.59. The third-order valence-corrected chi connectivity index (χ3v) is 7.72. The Kier molecular flexibility index (Phi) is 5.73. The van der Waals surface area contributed by atoms with Crippen molar-refractivity contribution in [2.75, 3.05) is 10.2 Å². The third-order valence-electron chi connectivity index (χ3n) is 6.30. The number of hydrogen-bond donors (Lipinski definition) is 3. The third kappa shape index (κ3) is 4.16. The number of aliphatic hydroxyl groups is 1. The average molecular weight is 476 g/mol. The van der Waals surface area contributed by atoms with Crippen LogP contribution in [0.2, 0.25) is 5.02 Å². The van der Waals surface area contributed by atoms with Crippen LogP contribution in [-0.4, -0.2) is 39.3 Å². The number of nitrogens with zero attached hydrogens (tertiary/aromatic N) is 3. The van der Waals surface area contributed by atoms with Crippen molar-refractivity contribution in [3.05, 3.63) is 33.8 Å². The predicted octanol–water partition coefficient (Wildman–Crippen LogP) is 4.87. The minimum atomic E-state index is -0.245. The summed E-state index contributed by atoms with van der Waals surface area (Å²) in [5.41, 5.74) is 2.44. The minimum Gasteiger partial charge on any atom is -0.423 e. The molecule has 3 N–H and O–H groups in total. The van der Waals surface area contributed by atoms with E-state index < -0.39 is 0 Å². The molecule has 0 saturated heterocycles. The number of aromatic nitrogens is 2. The first-order valence-corrected chi connectivity index (χ1v) is 12.2. The molecule has 2 amide bonds. The van der Waals surface area contributed by atoms with Gasteiger partial charge in [0.05, 0.1) is 22.7 Å². The lowest BCUT2D eigenvalue weighted by molar-refractivity contribution is 0.118. The zero-order chi connectivity index (χ0) is 22.4. The predicted molar refractivity (Wildman–Crippen MR) is 126 cm³/mol. The quantitative estimate of drug-likeness (QED) is 0.499. The first-order valence-electron chi connectivity index (χ1n) is 11.0. The Balaban J connectivity index is 1.31. The molecule has 10 heteroatoms. The van der Waals surface area contributed by atoms with Crippen molar-refractivity contribution in [1.29, 1.82) is 0 Å². The monoisotopic (exact) mass is 475 g/mol. The van der Waals surface area contributed by atoms with Crippen LogP contribution in [-0.2, 0) is 6.42 Å². The zero-order valence-electron chi connectivity index (χ0n) is 18.0. The number of urea groups is 1. The highest BCUT2D eigenvalue weighted by atomic mass is 35.5. The lowest BCUT2D eigenvalue weighted by Crippen LogP contribution is -2.41. The molecule has 2 atom stereocenters. The summed E-state index contributed by atoms with van der Waals surface area (Å²) in [6.45, 7) is 4.23. The number of thiazole rings is 1. The van der Waals surface area contributed by atoms with Crippen LogP contribution in [0.4, 0.5) is 15.9 Å². The van der Waals surface area contributed by atoms with Crippen molar-refractivity contribution < 1.29 is 14.3 Å². The molecule has 1 saturated carbocycles. The first-order chi connectivity index (χ1) is 15.4. The van der Waals surface area contributed by atoms with Crippen molar-refractivity contribution in [3.8, 4) is 0 Å². The van der Waals surface area contributed by atoms with Crippen molar-refractivity contribution in [3.63, 3.8) is 0 Å². The van der Waals surface area contributed by atoms with E-state index >= 15 is 0 Å². The first kappa shape index (κ1) is 21.5. The van der Waals surface area contributed by atoms with Gasteiger partial charge in [0, 0.05) is 23.5 Å². The molecule has 0 unspecified atom stereocenters. The minimum absolute atomic E-state index is 0.00762. The van der Waals surface area contributed by atoms with Crippen LogP contribution in [0, 0.1) is 0 Å². The summed E-state index contributed by atoms with van der Waals surface area (Å²) in [7, 11) is 0. The van der Waals surface area contributed by atoms with E-state index in [1.807, 2.05) is 6.07 Å². The molecule has 1 aliphatic heterocycles. The highest BCUT2D eigenvalue weighted by Crippen LogP contribution is 2.41. The molecule has 3 heterocycles. The fourth-order valence-corrected chi connectivity index (χ4v) is 5.87. The number of nitrogens with one attached hydrogen (secondary N) is 2. The van der Waals surface area contributed by atoms with Gasteiger partial charge in [-0.2, -0.15) is 4.98 Å². The van der Waals surface area contributed by atoms with Gasteiger partial charge >= 0.3 is 6.03 Å². The molecule has 1 fully saturated rings. The Morgan fingerprint density at radius 1 is 1.25 bits per heavy atom. The molecule has 1 aliphatic carbocycles. The lowest BCUT2D eigenvalue weighted by Gasteiger charge is -2.36. The van der Waals surface area contributed by atoms with E-state index in [0.29, 0.717) is 21.8 Å². The van der Waals surface area contributed by atoms with Crippen LogP contribution >= 0.6 is 22.9 Å². The van der Waals surface area contributed by atoms with Crippen molar-refractivity contribution >= 4 is 51.2 Å². The highest BCUT2D eigenvalue weighted by molar-refractivity contribution is 7.16. The fraction of sp³-hybridized carbons (Fsp3) is 0.500. The van der Waals surface area contributed by atoms with E-state index in [4.69, 9.17) is 21.0 Å². The molecule has 5 rings (SSSR count). The second kappa shape index (κ2) is 8.53. The molecule has 32 heavy (non-hydrogen) atoms. The number of anilines is 2. The van der Waals surface area contributed by atoms with Gasteiger partial charge < -0.3 is 19.7 Å². The maximum absolute atomic E-state index is 12.5. The summed E-state index contributed by atoms with van der Waals surface area (Å²) in [6.07, 6.45) is 3.53. The molecule has 2 aromatic heterocycles. The number of oxazole rings is 1. The van der Waals surface area contributed by atoms with Gasteiger partial charge in [-0.3, -0.25) is 5.32 Å². The Morgan fingerprint density at radius 2 is 2.03 bits per heavy atom. The number of fused-ring (bicyclic) bond motifs is 2. The number of benzene rings is 1. The normalized spacial score (nSPS) is 25.6. The highest BCUT2D eigenvalue weighted by Gasteiger charge is 2.35. The second-order valence-electron chi connectivity index (χ2n) is 8.68. The smallest absolute Gasteiger partial charge is 0.321 e. The van der Waals surface area contributed by atoms with Gasteiger partial charge in [0.2, 0.25) is 0 Å². The molecular weight excluding hydrogens is 450 g/mol. The fourth-order valence-electron chi connectivity index (χ4n) is 4.67. The number of carbonyl (C=O) groups is 1. The Labute approximate surface area is 195 Å². The topological polar surface area (TPSA) is 104 Å². The Hall–Kier alpha value is -2.36. The number of halogens is 1. The van der Waals surface area contributed by atoms with E-state index in [2.05, 4.69) is 34.4 Å². The van der Waals surface area contributed by atoms with Crippen LogP contribution in [0.15, 0.2) is 22.6 Å². The van der Waals surface area contributed by atoms with E-state index in [0.717, 1.165) is 48.2 Å². The number of carbonyl (C=O) groups excluding carboxylic acids is 1. The molecular formula is C22H26ClN5O3S. The lowest BCUT2D eigenvalue weighted by atomic mass is 9.93. The summed E-state index contributed by atoms with van der Waals surface area (Å²) in [6, 6.07) is 5.98. The maximum Gasteiger partial charge on any atom is 0.321 e. The number of amides is 2. The van der Waals surface area contributed by atoms with Crippen molar-refractivity contribution in [2.45, 2.75) is 70.2 Å². The van der Waals surface area contributed by atoms with Crippen molar-refractivity contribution in [1.82, 2.24) is 15.3 Å². The molecule has 0 bridgehead atoms. The van der Waals surface area contributed by atoms with Gasteiger partial charge in [0.25, 0.3) is 6.01 Å². The van der Waals surface area contributed by atoms with E-state index in [-0.39, 0.29) is 30.3 Å². The van der Waals surface area contributed by atoms with E-state index in [1.54, 1.807) is 12.1 Å². The van der Waals surface area contributed by atoms with Gasteiger partial charge in [0.15, 0.2) is 10.7 Å². The number of rotatable bonds is 3. The molecule has 0 radical (unpaired) electrons. The van der Waals surface area contributed by atoms with Gasteiger partial charge in [-0.15, -0.1) is 0 Å². The summed E-state index contributed by atoms with van der Waals surface area (Å²) in [5, 5.41) is 16.8. The van der Waals surface area contributed by atoms with Gasteiger partial charge in [-0.1, -0.05) is 22.9 Å². The molecule has 3 aromatic rings. The maximum atomic E-state index is 12.5. The number of aliphatic hydroxyl groups excluding tert-OH is 1. The molecule has 8 nitrogen and oxygen atoms in total. The Bertz CT molecular complexity index is 1140. The van der Waals surface area contributed by atoms with Crippen LogP contribution in [0.3, 0.4) is 0 Å². The molecule has 2 aliphatic rings.